The van der Waals surface area contributed by atoms with Crippen LogP contribution >= 0.6 is 0 Å². The molecule has 0 radical (unpaired) electrons. The van der Waals surface area contributed by atoms with E-state index in [4.69, 9.17) is 14.6 Å². The second-order valence-electron chi connectivity index (χ2n) is 6.71. The number of ether oxygens (including phenoxy) is 2. The van der Waals surface area contributed by atoms with Gasteiger partial charge in [-0.3, -0.25) is 0 Å². The summed E-state index contributed by atoms with van der Waals surface area (Å²) in [5, 5.41) is 14.6. The predicted molar refractivity (Wildman–Crippen MR) is 114 cm³/mol. The summed E-state index contributed by atoms with van der Waals surface area (Å²) >= 11 is 0. The molecule has 29 heavy (non-hydrogen) atoms. The zero-order chi connectivity index (χ0) is 20.4. The SMILES string of the molecule is COc1ccc(-c2nn(-c3ccc(OC)cc3)c(-c3ccc(O)cc3)c2C)cc1. The highest BCUT2D eigenvalue weighted by Crippen LogP contribution is 2.35. The van der Waals surface area contributed by atoms with Crippen molar-refractivity contribution in [3.8, 4) is 45.5 Å². The highest BCUT2D eigenvalue weighted by atomic mass is 16.5. The number of rotatable bonds is 5. The van der Waals surface area contributed by atoms with Crippen molar-refractivity contribution in [1.82, 2.24) is 9.78 Å². The third kappa shape index (κ3) is 3.55. The number of phenols is 1. The fraction of sp³-hybridized carbons (Fsp3) is 0.125. The lowest BCUT2D eigenvalue weighted by Crippen LogP contribution is -1.99. The van der Waals surface area contributed by atoms with E-state index < -0.39 is 0 Å². The molecule has 1 N–H and O–H groups in total. The number of aromatic nitrogens is 2. The van der Waals surface area contributed by atoms with Crippen LogP contribution in [0.3, 0.4) is 0 Å². The molecule has 0 spiro atoms. The molecule has 1 heterocycles. The molecule has 0 unspecified atom stereocenters. The molecule has 0 amide bonds. The number of benzene rings is 3. The van der Waals surface area contributed by atoms with Crippen molar-refractivity contribution in [2.75, 3.05) is 14.2 Å². The lowest BCUT2D eigenvalue weighted by Gasteiger charge is -2.10. The Morgan fingerprint density at radius 1 is 0.724 bits per heavy atom. The molecule has 0 fully saturated rings. The van der Waals surface area contributed by atoms with Gasteiger partial charge in [0.1, 0.15) is 17.2 Å². The van der Waals surface area contributed by atoms with E-state index in [1.54, 1.807) is 26.4 Å². The Kier molecular flexibility index (Phi) is 4.96. The Balaban J connectivity index is 1.90. The highest BCUT2D eigenvalue weighted by Gasteiger charge is 2.19. The molecule has 0 saturated heterocycles. The largest absolute Gasteiger partial charge is 0.508 e. The topological polar surface area (TPSA) is 56.5 Å². The van der Waals surface area contributed by atoms with Crippen molar-refractivity contribution in [3.63, 3.8) is 0 Å². The summed E-state index contributed by atoms with van der Waals surface area (Å²) < 4.78 is 12.5. The molecule has 0 aliphatic carbocycles. The van der Waals surface area contributed by atoms with Crippen molar-refractivity contribution < 1.29 is 14.6 Å². The van der Waals surface area contributed by atoms with Gasteiger partial charge in [-0.1, -0.05) is 0 Å². The van der Waals surface area contributed by atoms with Crippen LogP contribution in [-0.2, 0) is 0 Å². The Labute approximate surface area is 169 Å². The zero-order valence-electron chi connectivity index (χ0n) is 16.6. The van der Waals surface area contributed by atoms with Crippen LogP contribution in [0.2, 0.25) is 0 Å². The maximum atomic E-state index is 9.70. The van der Waals surface area contributed by atoms with Crippen molar-refractivity contribution in [1.29, 1.82) is 0 Å². The van der Waals surface area contributed by atoms with E-state index in [1.807, 2.05) is 65.3 Å². The fourth-order valence-corrected chi connectivity index (χ4v) is 3.39. The van der Waals surface area contributed by atoms with Gasteiger partial charge in [-0.25, -0.2) is 4.68 Å². The van der Waals surface area contributed by atoms with E-state index in [1.165, 1.54) is 0 Å². The highest BCUT2D eigenvalue weighted by molar-refractivity contribution is 5.76. The Hall–Kier alpha value is -3.73. The molecule has 3 aromatic carbocycles. The van der Waals surface area contributed by atoms with Gasteiger partial charge in [-0.2, -0.15) is 5.10 Å². The molecule has 5 heteroatoms. The van der Waals surface area contributed by atoms with Crippen LogP contribution in [0.4, 0.5) is 0 Å². The van der Waals surface area contributed by atoms with Gasteiger partial charge in [0.2, 0.25) is 0 Å². The minimum Gasteiger partial charge on any atom is -0.508 e. The maximum Gasteiger partial charge on any atom is 0.119 e. The summed E-state index contributed by atoms with van der Waals surface area (Å²) in [7, 11) is 3.30. The smallest absolute Gasteiger partial charge is 0.119 e. The van der Waals surface area contributed by atoms with E-state index in [9.17, 15) is 5.11 Å². The van der Waals surface area contributed by atoms with Gasteiger partial charge >= 0.3 is 0 Å². The van der Waals surface area contributed by atoms with E-state index in [2.05, 4.69) is 6.92 Å². The first-order chi connectivity index (χ1) is 14.1. The van der Waals surface area contributed by atoms with Gasteiger partial charge in [-0.15, -0.1) is 0 Å². The average molecular weight is 386 g/mol. The minimum atomic E-state index is 0.234. The lowest BCUT2D eigenvalue weighted by molar-refractivity contribution is 0.414. The molecule has 4 rings (SSSR count). The van der Waals surface area contributed by atoms with E-state index in [0.717, 1.165) is 45.3 Å². The molecule has 0 saturated carbocycles. The number of methoxy groups -OCH3 is 2. The number of phenolic OH excluding ortho intramolecular Hbond substituents is 1. The summed E-state index contributed by atoms with van der Waals surface area (Å²) in [6.45, 7) is 2.06. The van der Waals surface area contributed by atoms with E-state index in [-0.39, 0.29) is 5.75 Å². The average Bonchev–Trinajstić information content (AvgIpc) is 3.11. The molecule has 0 aliphatic rings. The van der Waals surface area contributed by atoms with Crippen LogP contribution in [0.5, 0.6) is 17.2 Å². The number of hydrogen-bond acceptors (Lipinski definition) is 4. The summed E-state index contributed by atoms with van der Waals surface area (Å²) in [6.07, 6.45) is 0. The van der Waals surface area contributed by atoms with Crippen molar-refractivity contribution in [3.05, 3.63) is 78.4 Å². The van der Waals surface area contributed by atoms with Gasteiger partial charge in [0.05, 0.1) is 31.3 Å². The van der Waals surface area contributed by atoms with Crippen LogP contribution in [0.15, 0.2) is 72.8 Å². The Bertz CT molecular complexity index is 1110. The van der Waals surface area contributed by atoms with Gasteiger partial charge in [-0.05, 0) is 79.7 Å². The fourth-order valence-electron chi connectivity index (χ4n) is 3.39. The molecule has 4 aromatic rings. The van der Waals surface area contributed by atoms with Gasteiger partial charge in [0.15, 0.2) is 0 Å². The monoisotopic (exact) mass is 386 g/mol. The zero-order valence-corrected chi connectivity index (χ0v) is 16.6. The molecule has 0 aliphatic heterocycles. The second-order valence-corrected chi connectivity index (χ2v) is 6.71. The molecule has 146 valence electrons. The summed E-state index contributed by atoms with van der Waals surface area (Å²) in [4.78, 5) is 0. The Morgan fingerprint density at radius 2 is 1.24 bits per heavy atom. The predicted octanol–water partition coefficient (Wildman–Crippen LogP) is 5.24. The molecule has 5 nitrogen and oxygen atoms in total. The summed E-state index contributed by atoms with van der Waals surface area (Å²) in [6, 6.07) is 22.8. The summed E-state index contributed by atoms with van der Waals surface area (Å²) in [5.41, 5.74) is 5.83. The third-order valence-electron chi connectivity index (χ3n) is 4.94. The Morgan fingerprint density at radius 3 is 1.79 bits per heavy atom. The van der Waals surface area contributed by atoms with E-state index >= 15 is 0 Å². The standard InChI is InChI=1S/C24H22N2O3/c1-16-23(17-6-12-21(28-2)13-7-17)25-26(19-8-14-22(29-3)15-9-19)24(16)18-4-10-20(27)11-5-18/h4-15,27H,1-3H3. The first-order valence-corrected chi connectivity index (χ1v) is 9.28. The minimum absolute atomic E-state index is 0.234. The van der Waals surface area contributed by atoms with Gasteiger partial charge in [0, 0.05) is 16.7 Å². The number of nitrogens with zero attached hydrogens (tertiary/aromatic N) is 2. The van der Waals surface area contributed by atoms with E-state index in [0.29, 0.717) is 0 Å². The first kappa shape index (κ1) is 18.6. The molecule has 0 bridgehead atoms. The van der Waals surface area contributed by atoms with Gasteiger partial charge in [0.25, 0.3) is 0 Å². The number of aromatic hydroxyl groups is 1. The quantitative estimate of drug-likeness (QED) is 0.510. The third-order valence-corrected chi connectivity index (χ3v) is 4.94. The van der Waals surface area contributed by atoms with Crippen molar-refractivity contribution >= 4 is 0 Å². The molecule has 1 aromatic heterocycles. The van der Waals surface area contributed by atoms with Crippen LogP contribution in [-0.4, -0.2) is 29.1 Å². The van der Waals surface area contributed by atoms with Gasteiger partial charge < -0.3 is 14.6 Å². The summed E-state index contributed by atoms with van der Waals surface area (Å²) in [5.74, 6) is 1.83. The second kappa shape index (κ2) is 7.72. The van der Waals surface area contributed by atoms with Crippen LogP contribution in [0.25, 0.3) is 28.2 Å². The van der Waals surface area contributed by atoms with Crippen molar-refractivity contribution in [2.45, 2.75) is 6.92 Å². The number of hydrogen-bond donors (Lipinski definition) is 1. The van der Waals surface area contributed by atoms with Crippen molar-refractivity contribution in [2.24, 2.45) is 0 Å². The lowest BCUT2D eigenvalue weighted by atomic mass is 10.0. The molecular formula is C24H22N2O3. The van der Waals surface area contributed by atoms with Crippen LogP contribution < -0.4 is 9.47 Å². The first-order valence-electron chi connectivity index (χ1n) is 9.28. The van der Waals surface area contributed by atoms with Crippen LogP contribution in [0.1, 0.15) is 5.56 Å². The molecular weight excluding hydrogens is 364 g/mol. The maximum absolute atomic E-state index is 9.70. The molecule has 0 atom stereocenters. The normalized spacial score (nSPS) is 10.7. The van der Waals surface area contributed by atoms with Crippen LogP contribution in [0, 0.1) is 6.92 Å².